The lowest BCUT2D eigenvalue weighted by Gasteiger charge is -2.17. The van der Waals surface area contributed by atoms with E-state index in [1.165, 1.54) is 11.6 Å². The molecule has 118 valence electrons. The van der Waals surface area contributed by atoms with Gasteiger partial charge < -0.3 is 15.4 Å². The highest BCUT2D eigenvalue weighted by Gasteiger charge is 2.11. The number of nitrogens with zero attached hydrogens (tertiary/aromatic N) is 1. The number of aromatic amines is 1. The molecule has 0 aliphatic heterocycles. The van der Waals surface area contributed by atoms with Gasteiger partial charge in [0.05, 0.1) is 18.3 Å². The van der Waals surface area contributed by atoms with Gasteiger partial charge in [0, 0.05) is 12.6 Å². The molecule has 0 saturated heterocycles. The van der Waals surface area contributed by atoms with Crippen molar-refractivity contribution in [1.82, 2.24) is 15.3 Å². The van der Waals surface area contributed by atoms with Crippen molar-refractivity contribution in [2.75, 3.05) is 6.61 Å². The van der Waals surface area contributed by atoms with E-state index in [9.17, 15) is 9.90 Å². The molecule has 1 unspecified atom stereocenters. The van der Waals surface area contributed by atoms with Crippen LogP contribution in [0.15, 0.2) is 35.1 Å². The average molecular weight is 301 g/mol. The number of nitrogens with one attached hydrogen (secondary N) is 2. The maximum atomic E-state index is 11.4. The quantitative estimate of drug-likeness (QED) is 0.763. The molecule has 3 N–H and O–H groups in total. The number of hydrogen-bond acceptors (Lipinski definition) is 4. The van der Waals surface area contributed by atoms with Gasteiger partial charge in [0.25, 0.3) is 5.56 Å². The minimum atomic E-state index is -0.178. The molecule has 0 fully saturated rings. The second-order valence-electron chi connectivity index (χ2n) is 5.76. The van der Waals surface area contributed by atoms with Crippen LogP contribution in [0.2, 0.25) is 0 Å². The van der Waals surface area contributed by atoms with Crippen molar-refractivity contribution >= 4 is 0 Å². The van der Waals surface area contributed by atoms with Gasteiger partial charge in [-0.2, -0.15) is 0 Å². The Morgan fingerprint density at radius 3 is 2.41 bits per heavy atom. The summed E-state index contributed by atoms with van der Waals surface area (Å²) in [5.41, 5.74) is 2.80. The van der Waals surface area contributed by atoms with Crippen molar-refractivity contribution in [2.24, 2.45) is 0 Å². The summed E-state index contributed by atoms with van der Waals surface area (Å²) in [7, 11) is 0. The predicted octanol–water partition coefficient (Wildman–Crippen LogP) is 2.02. The molecule has 0 radical (unpaired) electrons. The number of aromatic nitrogens is 2. The van der Waals surface area contributed by atoms with Gasteiger partial charge in [0.2, 0.25) is 0 Å². The lowest BCUT2D eigenvalue weighted by atomic mass is 9.99. The minimum Gasteiger partial charge on any atom is -0.394 e. The Morgan fingerprint density at radius 2 is 1.86 bits per heavy atom. The molecular formula is C17H23N3O2. The number of aliphatic hydroxyl groups excluding tert-OH is 1. The zero-order valence-corrected chi connectivity index (χ0v) is 13.3. The maximum absolute atomic E-state index is 11.4. The Bertz CT molecular complexity index is 662. The van der Waals surface area contributed by atoms with Crippen molar-refractivity contribution in [1.29, 1.82) is 0 Å². The summed E-state index contributed by atoms with van der Waals surface area (Å²) in [6.45, 7) is 6.47. The zero-order chi connectivity index (χ0) is 16.1. The summed E-state index contributed by atoms with van der Waals surface area (Å²) in [5, 5.41) is 12.8. The first-order chi connectivity index (χ1) is 10.5. The number of aliphatic hydroxyl groups is 1. The summed E-state index contributed by atoms with van der Waals surface area (Å²) < 4.78 is 0. The van der Waals surface area contributed by atoms with E-state index in [-0.39, 0.29) is 18.2 Å². The van der Waals surface area contributed by atoms with Crippen molar-refractivity contribution < 1.29 is 5.11 Å². The Morgan fingerprint density at radius 1 is 1.23 bits per heavy atom. The van der Waals surface area contributed by atoms with Crippen LogP contribution < -0.4 is 10.9 Å². The van der Waals surface area contributed by atoms with Gasteiger partial charge in [-0.25, -0.2) is 4.98 Å². The monoisotopic (exact) mass is 301 g/mol. The first-order valence-corrected chi connectivity index (χ1v) is 7.50. The lowest BCUT2D eigenvalue weighted by Crippen LogP contribution is -2.25. The number of rotatable bonds is 6. The Labute approximate surface area is 130 Å². The van der Waals surface area contributed by atoms with Crippen molar-refractivity contribution in [3.63, 3.8) is 0 Å². The first kappa shape index (κ1) is 16.4. The Kier molecular flexibility index (Phi) is 5.46. The minimum absolute atomic E-state index is 0.0107. The van der Waals surface area contributed by atoms with E-state index >= 15 is 0 Å². The molecule has 0 spiro atoms. The molecule has 2 rings (SSSR count). The van der Waals surface area contributed by atoms with Crippen LogP contribution >= 0.6 is 0 Å². The third-order valence-corrected chi connectivity index (χ3v) is 3.63. The standard InChI is InChI=1S/C17H23N3O2/c1-11(2)13-4-6-14(7-5-13)16(10-21)18-9-15-8-17(22)20-12(3)19-15/h4-8,11,16,18,21H,9-10H2,1-3H3,(H,19,20,22). The first-order valence-electron chi connectivity index (χ1n) is 7.50. The molecule has 1 aromatic heterocycles. The largest absolute Gasteiger partial charge is 0.394 e. The highest BCUT2D eigenvalue weighted by atomic mass is 16.3. The van der Waals surface area contributed by atoms with Crippen molar-refractivity contribution in [2.45, 2.75) is 39.3 Å². The van der Waals surface area contributed by atoms with E-state index in [2.05, 4.69) is 41.3 Å². The van der Waals surface area contributed by atoms with Gasteiger partial charge in [-0.3, -0.25) is 4.79 Å². The zero-order valence-electron chi connectivity index (χ0n) is 13.3. The summed E-state index contributed by atoms with van der Waals surface area (Å²) in [5.74, 6) is 1.07. The molecule has 2 aromatic rings. The fraction of sp³-hybridized carbons (Fsp3) is 0.412. The summed E-state index contributed by atoms with van der Waals surface area (Å²) >= 11 is 0. The Balaban J connectivity index is 2.07. The van der Waals surface area contributed by atoms with E-state index in [0.29, 0.717) is 24.0 Å². The van der Waals surface area contributed by atoms with Gasteiger partial charge in [-0.15, -0.1) is 0 Å². The van der Waals surface area contributed by atoms with Crippen LogP contribution in [0.1, 0.15) is 48.5 Å². The topological polar surface area (TPSA) is 78.0 Å². The van der Waals surface area contributed by atoms with E-state index < -0.39 is 0 Å². The molecule has 5 nitrogen and oxygen atoms in total. The SMILES string of the molecule is Cc1nc(CNC(CO)c2ccc(C(C)C)cc2)cc(=O)[nH]1. The molecule has 0 aliphatic carbocycles. The molecule has 0 saturated carbocycles. The molecule has 0 bridgehead atoms. The van der Waals surface area contributed by atoms with Gasteiger partial charge in [0.15, 0.2) is 0 Å². The molecule has 5 heteroatoms. The van der Waals surface area contributed by atoms with E-state index in [1.807, 2.05) is 12.1 Å². The van der Waals surface area contributed by atoms with E-state index in [0.717, 1.165) is 5.56 Å². The smallest absolute Gasteiger partial charge is 0.251 e. The number of H-pyrrole nitrogens is 1. The number of hydrogen-bond donors (Lipinski definition) is 3. The molecule has 22 heavy (non-hydrogen) atoms. The second kappa shape index (κ2) is 7.33. The molecule has 0 aliphatic rings. The summed E-state index contributed by atoms with van der Waals surface area (Å²) in [6.07, 6.45) is 0. The van der Waals surface area contributed by atoms with Gasteiger partial charge in [0.1, 0.15) is 5.82 Å². The second-order valence-corrected chi connectivity index (χ2v) is 5.76. The van der Waals surface area contributed by atoms with Crippen LogP contribution in [0, 0.1) is 6.92 Å². The number of aryl methyl sites for hydroxylation is 1. The maximum Gasteiger partial charge on any atom is 0.251 e. The molecule has 1 atom stereocenters. The number of benzene rings is 1. The highest BCUT2D eigenvalue weighted by Crippen LogP contribution is 2.18. The van der Waals surface area contributed by atoms with Crippen LogP contribution in [0.4, 0.5) is 0 Å². The summed E-state index contributed by atoms with van der Waals surface area (Å²) in [6, 6.07) is 9.51. The average Bonchev–Trinajstić information content (AvgIpc) is 2.47. The van der Waals surface area contributed by atoms with E-state index in [4.69, 9.17) is 0 Å². The van der Waals surface area contributed by atoms with Crippen LogP contribution in [-0.4, -0.2) is 21.7 Å². The van der Waals surface area contributed by atoms with Crippen LogP contribution in [0.5, 0.6) is 0 Å². The molecule has 1 heterocycles. The molecular weight excluding hydrogens is 278 g/mol. The third-order valence-electron chi connectivity index (χ3n) is 3.63. The van der Waals surface area contributed by atoms with Crippen molar-refractivity contribution in [3.8, 4) is 0 Å². The van der Waals surface area contributed by atoms with Gasteiger partial charge in [-0.1, -0.05) is 38.1 Å². The Hall–Kier alpha value is -1.98. The predicted molar refractivity (Wildman–Crippen MR) is 86.8 cm³/mol. The van der Waals surface area contributed by atoms with Crippen molar-refractivity contribution in [3.05, 3.63) is 63.3 Å². The van der Waals surface area contributed by atoms with Crippen LogP contribution in [0.3, 0.4) is 0 Å². The van der Waals surface area contributed by atoms with Gasteiger partial charge in [-0.05, 0) is 24.0 Å². The fourth-order valence-corrected chi connectivity index (χ4v) is 2.36. The van der Waals surface area contributed by atoms with Crippen LogP contribution in [0.25, 0.3) is 0 Å². The molecule has 0 amide bonds. The summed E-state index contributed by atoms with van der Waals surface area (Å²) in [4.78, 5) is 18.3. The molecule has 1 aromatic carbocycles. The fourth-order valence-electron chi connectivity index (χ4n) is 2.36. The van der Waals surface area contributed by atoms with E-state index in [1.54, 1.807) is 6.92 Å². The third kappa shape index (κ3) is 4.26. The van der Waals surface area contributed by atoms with Crippen LogP contribution in [-0.2, 0) is 6.54 Å². The lowest BCUT2D eigenvalue weighted by molar-refractivity contribution is 0.243. The normalized spacial score (nSPS) is 12.6. The van der Waals surface area contributed by atoms with Gasteiger partial charge >= 0.3 is 0 Å². The highest BCUT2D eigenvalue weighted by molar-refractivity contribution is 5.27.